The number of H-pyrrole nitrogens is 1. The first-order valence-electron chi connectivity index (χ1n) is 5.27. The van der Waals surface area contributed by atoms with E-state index in [4.69, 9.17) is 0 Å². The average Bonchev–Trinajstić information content (AvgIpc) is 2.79. The number of hydrogen-bond donors (Lipinski definition) is 1. The maximum Gasteiger partial charge on any atom is 0.249 e. The maximum absolute atomic E-state index is 13.5. The summed E-state index contributed by atoms with van der Waals surface area (Å²) in [6, 6.07) is 0.608. The SMILES string of the molecule is CN(Cc1ncn[nH]1)S(=O)(=O)c1c(F)cc(F)cc1F. The molecule has 0 amide bonds. The van der Waals surface area contributed by atoms with Crippen molar-refractivity contribution in [1.82, 2.24) is 19.5 Å². The van der Waals surface area contributed by atoms with Gasteiger partial charge in [-0.3, -0.25) is 5.10 Å². The third-order valence-corrected chi connectivity index (χ3v) is 4.32. The molecule has 0 saturated heterocycles. The van der Waals surface area contributed by atoms with Gasteiger partial charge in [0.15, 0.2) is 4.90 Å². The van der Waals surface area contributed by atoms with Crippen LogP contribution in [0.25, 0.3) is 0 Å². The van der Waals surface area contributed by atoms with Crippen molar-refractivity contribution in [3.05, 3.63) is 41.7 Å². The van der Waals surface area contributed by atoms with Crippen LogP contribution >= 0.6 is 0 Å². The zero-order chi connectivity index (χ0) is 14.9. The highest BCUT2D eigenvalue weighted by Crippen LogP contribution is 2.23. The normalized spacial score (nSPS) is 12.1. The molecule has 108 valence electrons. The van der Waals surface area contributed by atoms with Gasteiger partial charge < -0.3 is 0 Å². The molecule has 0 spiro atoms. The minimum Gasteiger partial charge on any atom is -0.262 e. The van der Waals surface area contributed by atoms with Crippen LogP contribution < -0.4 is 0 Å². The monoisotopic (exact) mass is 306 g/mol. The number of aromatic amines is 1. The lowest BCUT2D eigenvalue weighted by molar-refractivity contribution is 0.437. The minimum atomic E-state index is -4.46. The van der Waals surface area contributed by atoms with Crippen LogP contribution in [0.4, 0.5) is 13.2 Å². The average molecular weight is 306 g/mol. The van der Waals surface area contributed by atoms with Gasteiger partial charge in [0, 0.05) is 19.2 Å². The zero-order valence-corrected chi connectivity index (χ0v) is 11.0. The van der Waals surface area contributed by atoms with Crippen LogP contribution in [-0.4, -0.2) is 35.0 Å². The Morgan fingerprint density at radius 3 is 2.35 bits per heavy atom. The van der Waals surface area contributed by atoms with E-state index in [1.54, 1.807) is 0 Å². The smallest absolute Gasteiger partial charge is 0.249 e. The molecule has 1 aromatic heterocycles. The van der Waals surface area contributed by atoms with Crippen molar-refractivity contribution in [2.75, 3.05) is 7.05 Å². The number of rotatable bonds is 4. The van der Waals surface area contributed by atoms with Crippen LogP contribution in [0.1, 0.15) is 5.82 Å². The molecular weight excluding hydrogens is 297 g/mol. The second kappa shape index (κ2) is 5.21. The predicted octanol–water partition coefficient (Wildman–Crippen LogP) is 1.04. The molecule has 6 nitrogen and oxygen atoms in total. The Hall–Kier alpha value is -1.94. The van der Waals surface area contributed by atoms with E-state index in [1.165, 1.54) is 0 Å². The molecule has 2 aromatic rings. The third kappa shape index (κ3) is 2.65. The molecule has 1 aromatic carbocycles. The van der Waals surface area contributed by atoms with E-state index in [2.05, 4.69) is 15.2 Å². The zero-order valence-electron chi connectivity index (χ0n) is 10.1. The van der Waals surface area contributed by atoms with Crippen molar-refractivity contribution in [2.24, 2.45) is 0 Å². The van der Waals surface area contributed by atoms with E-state index in [0.29, 0.717) is 16.4 Å². The molecule has 10 heteroatoms. The maximum atomic E-state index is 13.5. The number of halogens is 3. The first-order valence-corrected chi connectivity index (χ1v) is 6.71. The fraction of sp³-hybridized carbons (Fsp3) is 0.200. The van der Waals surface area contributed by atoms with Gasteiger partial charge in [0.05, 0.1) is 6.54 Å². The summed E-state index contributed by atoms with van der Waals surface area (Å²) < 4.78 is 64.7. The summed E-state index contributed by atoms with van der Waals surface area (Å²) in [5.74, 6) is -3.99. The second-order valence-corrected chi connectivity index (χ2v) is 5.87. The van der Waals surface area contributed by atoms with E-state index in [1.807, 2.05) is 0 Å². The van der Waals surface area contributed by atoms with Gasteiger partial charge in [-0.05, 0) is 0 Å². The van der Waals surface area contributed by atoms with E-state index in [9.17, 15) is 21.6 Å². The van der Waals surface area contributed by atoms with Gasteiger partial charge in [-0.15, -0.1) is 0 Å². The van der Waals surface area contributed by atoms with Crippen LogP contribution in [0.5, 0.6) is 0 Å². The number of hydrogen-bond acceptors (Lipinski definition) is 4. The summed E-state index contributed by atoms with van der Waals surface area (Å²) in [6.07, 6.45) is 1.16. The van der Waals surface area contributed by atoms with Crippen LogP contribution in [0.2, 0.25) is 0 Å². The predicted molar refractivity (Wildman–Crippen MR) is 61.4 cm³/mol. The molecule has 0 radical (unpaired) electrons. The fourth-order valence-corrected chi connectivity index (χ4v) is 2.75. The number of sulfonamides is 1. The topological polar surface area (TPSA) is 79.0 Å². The lowest BCUT2D eigenvalue weighted by atomic mass is 10.3. The Labute approximate surface area is 112 Å². The van der Waals surface area contributed by atoms with Crippen molar-refractivity contribution in [3.8, 4) is 0 Å². The molecule has 1 N–H and O–H groups in total. The van der Waals surface area contributed by atoms with Gasteiger partial charge >= 0.3 is 0 Å². The molecular formula is C10H9F3N4O2S. The van der Waals surface area contributed by atoms with Gasteiger partial charge in [-0.2, -0.15) is 9.40 Å². The Bertz CT molecular complexity index is 695. The molecule has 0 saturated carbocycles. The number of nitrogens with zero attached hydrogens (tertiary/aromatic N) is 3. The van der Waals surface area contributed by atoms with Crippen molar-refractivity contribution >= 4 is 10.0 Å². The first kappa shape index (κ1) is 14.5. The highest BCUT2D eigenvalue weighted by atomic mass is 32.2. The molecule has 0 unspecified atom stereocenters. The fourth-order valence-electron chi connectivity index (χ4n) is 1.53. The minimum absolute atomic E-state index is 0.194. The molecule has 20 heavy (non-hydrogen) atoms. The Balaban J connectivity index is 2.40. The van der Waals surface area contributed by atoms with E-state index >= 15 is 0 Å². The van der Waals surface area contributed by atoms with Crippen LogP contribution in [0.15, 0.2) is 23.4 Å². The number of nitrogens with one attached hydrogen (secondary N) is 1. The molecule has 0 fully saturated rings. The van der Waals surface area contributed by atoms with Gasteiger partial charge in [0.2, 0.25) is 10.0 Å². The molecule has 0 aliphatic rings. The number of aromatic nitrogens is 3. The standard InChI is InChI=1S/C10H9F3N4O2S/c1-17(4-9-14-5-15-16-9)20(18,19)10-7(12)2-6(11)3-8(10)13/h2-3,5H,4H2,1H3,(H,14,15,16). The van der Waals surface area contributed by atoms with E-state index < -0.39 is 32.4 Å². The molecule has 0 aliphatic heterocycles. The summed E-state index contributed by atoms with van der Waals surface area (Å²) >= 11 is 0. The van der Waals surface area contributed by atoms with Gasteiger partial charge in [-0.1, -0.05) is 0 Å². The van der Waals surface area contributed by atoms with Gasteiger partial charge in [-0.25, -0.2) is 26.6 Å². The third-order valence-electron chi connectivity index (χ3n) is 2.47. The summed E-state index contributed by atoms with van der Waals surface area (Å²) in [5, 5.41) is 5.94. The Kier molecular flexibility index (Phi) is 3.77. The van der Waals surface area contributed by atoms with Gasteiger partial charge in [0.25, 0.3) is 0 Å². The summed E-state index contributed by atoms with van der Waals surface area (Å²) in [4.78, 5) is 2.49. The van der Waals surface area contributed by atoms with E-state index in [-0.39, 0.29) is 12.4 Å². The second-order valence-electron chi connectivity index (χ2n) is 3.89. The van der Waals surface area contributed by atoms with Gasteiger partial charge in [0.1, 0.15) is 29.6 Å². The van der Waals surface area contributed by atoms with Crippen LogP contribution in [-0.2, 0) is 16.6 Å². The lowest BCUT2D eigenvalue weighted by Gasteiger charge is -2.16. The lowest BCUT2D eigenvalue weighted by Crippen LogP contribution is -2.28. The van der Waals surface area contributed by atoms with Crippen molar-refractivity contribution < 1.29 is 21.6 Å². The van der Waals surface area contributed by atoms with Crippen molar-refractivity contribution in [1.29, 1.82) is 0 Å². The highest BCUT2D eigenvalue weighted by Gasteiger charge is 2.29. The molecule has 0 atom stereocenters. The van der Waals surface area contributed by atoms with E-state index in [0.717, 1.165) is 13.4 Å². The molecule has 2 rings (SSSR count). The molecule has 0 aliphatic carbocycles. The highest BCUT2D eigenvalue weighted by molar-refractivity contribution is 7.89. The van der Waals surface area contributed by atoms with Crippen LogP contribution in [0, 0.1) is 17.5 Å². The molecule has 1 heterocycles. The first-order chi connectivity index (χ1) is 9.32. The van der Waals surface area contributed by atoms with Crippen molar-refractivity contribution in [3.63, 3.8) is 0 Å². The largest absolute Gasteiger partial charge is 0.262 e. The quantitative estimate of drug-likeness (QED) is 0.915. The Morgan fingerprint density at radius 2 is 1.85 bits per heavy atom. The summed E-state index contributed by atoms with van der Waals surface area (Å²) in [6.45, 7) is -0.265. The summed E-state index contributed by atoms with van der Waals surface area (Å²) in [7, 11) is -3.35. The number of benzene rings is 1. The van der Waals surface area contributed by atoms with Crippen molar-refractivity contribution in [2.45, 2.75) is 11.4 Å². The molecule has 0 bridgehead atoms. The Morgan fingerprint density at radius 1 is 1.25 bits per heavy atom. The summed E-state index contributed by atoms with van der Waals surface area (Å²) in [5.41, 5.74) is 0. The van der Waals surface area contributed by atoms with Crippen LogP contribution in [0.3, 0.4) is 0 Å².